The number of aromatic nitrogens is 1. The summed E-state index contributed by atoms with van der Waals surface area (Å²) < 4.78 is 13.6. The predicted octanol–water partition coefficient (Wildman–Crippen LogP) is 0.848. The van der Waals surface area contributed by atoms with Gasteiger partial charge in [-0.3, -0.25) is 4.98 Å². The molecule has 1 aliphatic rings. The number of nitrogens with one attached hydrogen (secondary N) is 1. The average molecular weight is 254 g/mol. The van der Waals surface area contributed by atoms with Gasteiger partial charge < -0.3 is 21.1 Å². The third-order valence-electron chi connectivity index (χ3n) is 2.90. The second kappa shape index (κ2) is 5.07. The van der Waals surface area contributed by atoms with E-state index in [1.807, 2.05) is 0 Å². The number of carboxylic acid groups (broad SMARTS) is 1. The summed E-state index contributed by atoms with van der Waals surface area (Å²) in [6.45, 7) is 0.618. The molecule has 0 spiro atoms. The van der Waals surface area contributed by atoms with Gasteiger partial charge in [-0.15, -0.1) is 0 Å². The Kier molecular flexibility index (Phi) is 3.50. The molecule has 0 saturated carbocycles. The maximum absolute atomic E-state index is 13.6. The Labute approximate surface area is 104 Å². The molecule has 1 saturated heterocycles. The molecule has 4 N–H and O–H groups in total. The van der Waals surface area contributed by atoms with Crippen molar-refractivity contribution in [2.24, 2.45) is 0 Å². The summed E-state index contributed by atoms with van der Waals surface area (Å²) in [7, 11) is 0. The lowest BCUT2D eigenvalue weighted by Crippen LogP contribution is -2.51. The SMILES string of the molecule is Nc1cnccc1N1C[C@@H](F)C[C@H](NC(=O)O)C1. The van der Waals surface area contributed by atoms with Crippen molar-refractivity contribution in [3.8, 4) is 0 Å². The first-order valence-electron chi connectivity index (χ1n) is 5.64. The number of halogens is 1. The first kappa shape index (κ1) is 12.4. The van der Waals surface area contributed by atoms with Gasteiger partial charge in [-0.25, -0.2) is 9.18 Å². The molecule has 2 atom stereocenters. The summed E-state index contributed by atoms with van der Waals surface area (Å²) in [6.07, 6.45) is 1.04. The average Bonchev–Trinajstić information content (AvgIpc) is 2.27. The smallest absolute Gasteiger partial charge is 0.404 e. The lowest BCUT2D eigenvalue weighted by Gasteiger charge is -2.36. The molecule has 2 rings (SSSR count). The standard InChI is InChI=1S/C11H15FN4O2/c12-7-3-8(15-11(17)18)6-16(5-7)10-1-2-14-4-9(10)13/h1-2,4,7-8,15H,3,5-6,13H2,(H,17,18)/t7-,8-/m0/s1. The number of anilines is 2. The van der Waals surface area contributed by atoms with Gasteiger partial charge in [0.25, 0.3) is 0 Å². The fourth-order valence-electron chi connectivity index (χ4n) is 2.20. The molecule has 0 unspecified atom stereocenters. The normalized spacial score (nSPS) is 23.7. The molecule has 1 aliphatic heterocycles. The molecule has 98 valence electrons. The molecule has 1 fully saturated rings. The zero-order valence-electron chi connectivity index (χ0n) is 9.71. The van der Waals surface area contributed by atoms with Crippen LogP contribution in [0.15, 0.2) is 18.5 Å². The van der Waals surface area contributed by atoms with Crippen molar-refractivity contribution >= 4 is 17.5 Å². The number of pyridine rings is 1. The van der Waals surface area contributed by atoms with E-state index < -0.39 is 18.3 Å². The highest BCUT2D eigenvalue weighted by atomic mass is 19.1. The van der Waals surface area contributed by atoms with Gasteiger partial charge in [-0.1, -0.05) is 0 Å². The van der Waals surface area contributed by atoms with Crippen molar-refractivity contribution in [1.82, 2.24) is 10.3 Å². The summed E-state index contributed by atoms with van der Waals surface area (Å²) in [4.78, 5) is 16.2. The molecule has 6 nitrogen and oxygen atoms in total. The zero-order chi connectivity index (χ0) is 13.1. The Morgan fingerprint density at radius 3 is 3.06 bits per heavy atom. The largest absolute Gasteiger partial charge is 0.465 e. The fourth-order valence-corrected chi connectivity index (χ4v) is 2.20. The number of nitrogen functional groups attached to an aromatic ring is 1. The number of hydrogen-bond donors (Lipinski definition) is 3. The summed E-state index contributed by atoms with van der Waals surface area (Å²) >= 11 is 0. The number of nitrogens with zero attached hydrogens (tertiary/aromatic N) is 2. The van der Waals surface area contributed by atoms with Crippen LogP contribution in [0.1, 0.15) is 6.42 Å². The van der Waals surface area contributed by atoms with E-state index in [0.717, 1.165) is 0 Å². The van der Waals surface area contributed by atoms with Crippen LogP contribution in [0.4, 0.5) is 20.6 Å². The maximum atomic E-state index is 13.6. The van der Waals surface area contributed by atoms with Gasteiger partial charge in [-0.2, -0.15) is 0 Å². The van der Waals surface area contributed by atoms with Crippen molar-refractivity contribution in [2.45, 2.75) is 18.6 Å². The molecule has 2 heterocycles. The highest BCUT2D eigenvalue weighted by Gasteiger charge is 2.29. The predicted molar refractivity (Wildman–Crippen MR) is 65.3 cm³/mol. The lowest BCUT2D eigenvalue weighted by atomic mass is 10.0. The Bertz CT molecular complexity index is 443. The van der Waals surface area contributed by atoms with E-state index in [9.17, 15) is 9.18 Å². The third-order valence-corrected chi connectivity index (χ3v) is 2.90. The van der Waals surface area contributed by atoms with Crippen LogP contribution in [0.25, 0.3) is 0 Å². The number of rotatable bonds is 2. The Hall–Kier alpha value is -2.05. The monoisotopic (exact) mass is 254 g/mol. The van der Waals surface area contributed by atoms with Crippen LogP contribution in [-0.4, -0.2) is 41.5 Å². The van der Waals surface area contributed by atoms with E-state index >= 15 is 0 Å². The van der Waals surface area contributed by atoms with Gasteiger partial charge in [0.15, 0.2) is 0 Å². The minimum atomic E-state index is -1.14. The van der Waals surface area contributed by atoms with Crippen molar-refractivity contribution in [3.05, 3.63) is 18.5 Å². The van der Waals surface area contributed by atoms with Crippen LogP contribution in [0.3, 0.4) is 0 Å². The second-order valence-corrected chi connectivity index (χ2v) is 4.32. The van der Waals surface area contributed by atoms with Crippen LogP contribution in [-0.2, 0) is 0 Å². The summed E-state index contributed by atoms with van der Waals surface area (Å²) in [5, 5.41) is 11.0. The highest BCUT2D eigenvalue weighted by molar-refractivity contribution is 5.67. The number of piperidine rings is 1. The minimum absolute atomic E-state index is 0.188. The zero-order valence-corrected chi connectivity index (χ0v) is 9.71. The van der Waals surface area contributed by atoms with Crippen molar-refractivity contribution < 1.29 is 14.3 Å². The number of nitrogens with two attached hydrogens (primary N) is 1. The van der Waals surface area contributed by atoms with Crippen LogP contribution < -0.4 is 16.0 Å². The van der Waals surface area contributed by atoms with Gasteiger partial charge >= 0.3 is 6.09 Å². The Morgan fingerprint density at radius 1 is 1.61 bits per heavy atom. The van der Waals surface area contributed by atoms with Crippen molar-refractivity contribution in [3.63, 3.8) is 0 Å². The lowest BCUT2D eigenvalue weighted by molar-refractivity contribution is 0.181. The molecule has 1 aromatic heterocycles. The van der Waals surface area contributed by atoms with E-state index in [4.69, 9.17) is 10.8 Å². The summed E-state index contributed by atoms with van der Waals surface area (Å²) in [5.41, 5.74) is 6.92. The highest BCUT2D eigenvalue weighted by Crippen LogP contribution is 2.26. The number of amides is 1. The summed E-state index contributed by atoms with van der Waals surface area (Å²) in [5.74, 6) is 0. The number of alkyl halides is 1. The van der Waals surface area contributed by atoms with E-state index in [-0.39, 0.29) is 13.0 Å². The Morgan fingerprint density at radius 2 is 2.39 bits per heavy atom. The van der Waals surface area contributed by atoms with Gasteiger partial charge in [0.2, 0.25) is 0 Å². The number of carbonyl (C=O) groups is 1. The maximum Gasteiger partial charge on any atom is 0.404 e. The van der Waals surface area contributed by atoms with Crippen molar-refractivity contribution in [1.29, 1.82) is 0 Å². The fraction of sp³-hybridized carbons (Fsp3) is 0.455. The van der Waals surface area contributed by atoms with Gasteiger partial charge in [-0.05, 0) is 6.07 Å². The Balaban J connectivity index is 2.13. The minimum Gasteiger partial charge on any atom is -0.465 e. The first-order chi connectivity index (χ1) is 8.56. The molecule has 7 heteroatoms. The molecular formula is C11H15FN4O2. The molecular weight excluding hydrogens is 239 g/mol. The van der Waals surface area contributed by atoms with Gasteiger partial charge in [0, 0.05) is 25.7 Å². The molecule has 0 aliphatic carbocycles. The quantitative estimate of drug-likeness (QED) is 0.727. The second-order valence-electron chi connectivity index (χ2n) is 4.32. The molecule has 0 aromatic carbocycles. The van der Waals surface area contributed by atoms with Crippen LogP contribution in [0.2, 0.25) is 0 Å². The molecule has 18 heavy (non-hydrogen) atoms. The van der Waals surface area contributed by atoms with E-state index in [1.165, 1.54) is 6.20 Å². The molecule has 1 amide bonds. The summed E-state index contributed by atoms with van der Waals surface area (Å²) in [6, 6.07) is 1.27. The van der Waals surface area contributed by atoms with Crippen LogP contribution in [0.5, 0.6) is 0 Å². The van der Waals surface area contributed by atoms with Gasteiger partial charge in [0.05, 0.1) is 23.6 Å². The molecule has 0 radical (unpaired) electrons. The van der Waals surface area contributed by atoms with Crippen LogP contribution in [0, 0.1) is 0 Å². The number of hydrogen-bond acceptors (Lipinski definition) is 4. The van der Waals surface area contributed by atoms with E-state index in [1.54, 1.807) is 17.2 Å². The van der Waals surface area contributed by atoms with E-state index in [2.05, 4.69) is 10.3 Å². The van der Waals surface area contributed by atoms with Crippen molar-refractivity contribution in [2.75, 3.05) is 23.7 Å². The van der Waals surface area contributed by atoms with Crippen LogP contribution >= 0.6 is 0 Å². The van der Waals surface area contributed by atoms with E-state index in [0.29, 0.717) is 17.9 Å². The third kappa shape index (κ3) is 2.79. The molecule has 1 aromatic rings. The first-order valence-corrected chi connectivity index (χ1v) is 5.64. The van der Waals surface area contributed by atoms with Gasteiger partial charge in [0.1, 0.15) is 6.17 Å². The topological polar surface area (TPSA) is 91.5 Å². The molecule has 0 bridgehead atoms.